The number of H-pyrrole nitrogens is 1. The molecular formula is C19H20Cl2N2O3. The molecule has 26 heavy (non-hydrogen) atoms. The van der Waals surface area contributed by atoms with E-state index in [9.17, 15) is 9.90 Å². The van der Waals surface area contributed by atoms with E-state index in [0.717, 1.165) is 46.3 Å². The van der Waals surface area contributed by atoms with Crippen LogP contribution in [0.3, 0.4) is 0 Å². The highest BCUT2D eigenvalue weighted by Gasteiger charge is 2.31. The number of allylic oxidation sites excluding steroid dienone is 1. The largest absolute Gasteiger partial charge is 0.493 e. The number of benzene rings is 1. The second-order valence-corrected chi connectivity index (χ2v) is 7.63. The van der Waals surface area contributed by atoms with Crippen LogP contribution >= 0.6 is 23.2 Å². The molecule has 2 aromatic rings. The first-order chi connectivity index (χ1) is 12.5. The third-order valence-electron chi connectivity index (χ3n) is 5.18. The molecule has 7 heteroatoms. The summed E-state index contributed by atoms with van der Waals surface area (Å²) >= 11 is 12.8. The molecule has 138 valence electrons. The smallest absolute Gasteiger partial charge is 0.248 e. The molecule has 0 spiro atoms. The van der Waals surface area contributed by atoms with Crippen LogP contribution in [0.5, 0.6) is 0 Å². The standard InChI is InChI=1S/C19H20Cl2N2O3/c1-10-6-14-12(8-23(10)16(25)9-24)17-11(15-4-2-3-5-26-15)7-13(20)18(21)19(17)22-14/h4,7,10,22,24H,2-3,5-6,8-9H2,1H3/t10-/m1/s1. The van der Waals surface area contributed by atoms with Crippen molar-refractivity contribution in [3.05, 3.63) is 39.0 Å². The summed E-state index contributed by atoms with van der Waals surface area (Å²) in [5, 5.41) is 11.2. The molecule has 1 aromatic heterocycles. The van der Waals surface area contributed by atoms with Crippen LogP contribution in [0, 0.1) is 0 Å². The van der Waals surface area contributed by atoms with E-state index in [1.54, 1.807) is 4.90 Å². The van der Waals surface area contributed by atoms with E-state index < -0.39 is 6.61 Å². The Morgan fingerprint density at radius 3 is 2.96 bits per heavy atom. The number of rotatable bonds is 2. The zero-order chi connectivity index (χ0) is 18.4. The van der Waals surface area contributed by atoms with Crippen LogP contribution in [-0.2, 0) is 22.5 Å². The molecule has 1 atom stereocenters. The monoisotopic (exact) mass is 394 g/mol. The van der Waals surface area contributed by atoms with Crippen LogP contribution < -0.4 is 0 Å². The summed E-state index contributed by atoms with van der Waals surface area (Å²) in [7, 11) is 0. The van der Waals surface area contributed by atoms with Gasteiger partial charge in [-0.05, 0) is 31.9 Å². The van der Waals surface area contributed by atoms with Gasteiger partial charge in [-0.2, -0.15) is 0 Å². The highest BCUT2D eigenvalue weighted by Crippen LogP contribution is 2.42. The van der Waals surface area contributed by atoms with Gasteiger partial charge in [-0.25, -0.2) is 0 Å². The molecule has 1 aromatic carbocycles. The number of aromatic amines is 1. The Bertz CT molecular complexity index is 919. The number of aromatic nitrogens is 1. The summed E-state index contributed by atoms with van der Waals surface area (Å²) in [5.74, 6) is 0.535. The predicted octanol–water partition coefficient (Wildman–Crippen LogP) is 3.89. The lowest BCUT2D eigenvalue weighted by atomic mass is 9.96. The van der Waals surface area contributed by atoms with Crippen LogP contribution in [0.15, 0.2) is 12.1 Å². The molecular weight excluding hydrogens is 375 g/mol. The number of carbonyl (C=O) groups excluding carboxylic acids is 1. The Morgan fingerprint density at radius 2 is 2.27 bits per heavy atom. The molecule has 0 saturated carbocycles. The van der Waals surface area contributed by atoms with Gasteiger partial charge in [0.1, 0.15) is 12.4 Å². The Kier molecular flexibility index (Phi) is 4.63. The van der Waals surface area contributed by atoms with E-state index in [1.807, 2.05) is 13.0 Å². The van der Waals surface area contributed by atoms with E-state index in [1.165, 1.54) is 0 Å². The lowest BCUT2D eigenvalue weighted by molar-refractivity contribution is -0.137. The van der Waals surface area contributed by atoms with Gasteiger partial charge in [0.2, 0.25) is 5.91 Å². The van der Waals surface area contributed by atoms with Gasteiger partial charge >= 0.3 is 0 Å². The van der Waals surface area contributed by atoms with Gasteiger partial charge in [-0.3, -0.25) is 4.79 Å². The van der Waals surface area contributed by atoms with Crippen molar-refractivity contribution in [1.82, 2.24) is 9.88 Å². The molecule has 0 unspecified atom stereocenters. The van der Waals surface area contributed by atoms with E-state index in [4.69, 9.17) is 27.9 Å². The second kappa shape index (κ2) is 6.80. The SMILES string of the molecule is C[C@@H]1Cc2[nH]c3c(Cl)c(Cl)cc(C4=CCCCO4)c3c2CN1C(=O)CO. The molecule has 0 aliphatic carbocycles. The van der Waals surface area contributed by atoms with Crippen LogP contribution in [-0.4, -0.2) is 40.2 Å². The molecule has 0 fully saturated rings. The van der Waals surface area contributed by atoms with Crippen molar-refractivity contribution in [2.45, 2.75) is 38.8 Å². The summed E-state index contributed by atoms with van der Waals surface area (Å²) in [6.45, 7) is 2.58. The maximum atomic E-state index is 12.1. The number of hydrogen-bond acceptors (Lipinski definition) is 3. The first kappa shape index (κ1) is 17.7. The number of halogens is 2. The van der Waals surface area contributed by atoms with E-state index in [0.29, 0.717) is 29.6 Å². The van der Waals surface area contributed by atoms with Crippen molar-refractivity contribution >= 4 is 45.8 Å². The van der Waals surface area contributed by atoms with Gasteiger partial charge in [0, 0.05) is 41.2 Å². The van der Waals surface area contributed by atoms with Gasteiger partial charge in [-0.1, -0.05) is 23.2 Å². The summed E-state index contributed by atoms with van der Waals surface area (Å²) in [4.78, 5) is 17.3. The van der Waals surface area contributed by atoms with Crippen LogP contribution in [0.2, 0.25) is 10.0 Å². The van der Waals surface area contributed by atoms with Crippen molar-refractivity contribution in [1.29, 1.82) is 0 Å². The molecule has 4 rings (SSSR count). The fourth-order valence-electron chi connectivity index (χ4n) is 3.88. The zero-order valence-corrected chi connectivity index (χ0v) is 16.0. The number of ether oxygens (including phenoxy) is 1. The molecule has 2 aliphatic rings. The van der Waals surface area contributed by atoms with Gasteiger partial charge in [0.25, 0.3) is 0 Å². The van der Waals surface area contributed by atoms with Crippen LogP contribution in [0.4, 0.5) is 0 Å². The lowest BCUT2D eigenvalue weighted by Crippen LogP contribution is -2.43. The number of carbonyl (C=O) groups is 1. The minimum Gasteiger partial charge on any atom is -0.493 e. The van der Waals surface area contributed by atoms with E-state index in [-0.39, 0.29) is 11.9 Å². The number of amides is 1. The lowest BCUT2D eigenvalue weighted by Gasteiger charge is -2.33. The number of nitrogens with one attached hydrogen (secondary N) is 1. The van der Waals surface area contributed by atoms with Gasteiger partial charge in [0.15, 0.2) is 0 Å². The van der Waals surface area contributed by atoms with E-state index >= 15 is 0 Å². The average molecular weight is 395 g/mol. The number of nitrogens with zero attached hydrogens (tertiary/aromatic N) is 1. The number of hydrogen-bond donors (Lipinski definition) is 2. The summed E-state index contributed by atoms with van der Waals surface area (Å²) in [6, 6.07) is 1.84. The molecule has 0 bridgehead atoms. The molecule has 0 saturated heterocycles. The Labute approximate surface area is 161 Å². The van der Waals surface area contributed by atoms with Crippen LogP contribution in [0.1, 0.15) is 36.6 Å². The maximum Gasteiger partial charge on any atom is 0.248 e. The molecule has 5 nitrogen and oxygen atoms in total. The van der Waals surface area contributed by atoms with Gasteiger partial charge < -0.3 is 19.7 Å². The summed E-state index contributed by atoms with van der Waals surface area (Å²) in [6.07, 6.45) is 4.69. The maximum absolute atomic E-state index is 12.1. The topological polar surface area (TPSA) is 65.6 Å². The quantitative estimate of drug-likeness (QED) is 0.811. The normalized spacial score (nSPS) is 19.9. The van der Waals surface area contributed by atoms with Crippen molar-refractivity contribution in [3.8, 4) is 0 Å². The summed E-state index contributed by atoms with van der Waals surface area (Å²) in [5.41, 5.74) is 3.75. The predicted molar refractivity (Wildman–Crippen MR) is 102 cm³/mol. The minimum absolute atomic E-state index is 0.00180. The third kappa shape index (κ3) is 2.79. The van der Waals surface area contributed by atoms with E-state index in [2.05, 4.69) is 11.1 Å². The number of aliphatic hydroxyl groups excluding tert-OH is 1. The Morgan fingerprint density at radius 1 is 1.46 bits per heavy atom. The highest BCUT2D eigenvalue weighted by atomic mass is 35.5. The number of aliphatic hydroxyl groups is 1. The number of fused-ring (bicyclic) bond motifs is 3. The van der Waals surface area contributed by atoms with Crippen molar-refractivity contribution < 1.29 is 14.6 Å². The summed E-state index contributed by atoms with van der Waals surface area (Å²) < 4.78 is 5.87. The molecule has 1 amide bonds. The second-order valence-electron chi connectivity index (χ2n) is 6.84. The van der Waals surface area contributed by atoms with Crippen molar-refractivity contribution in [2.75, 3.05) is 13.2 Å². The third-order valence-corrected chi connectivity index (χ3v) is 5.97. The minimum atomic E-state index is -0.490. The Balaban J connectivity index is 1.93. The van der Waals surface area contributed by atoms with Gasteiger partial charge in [-0.15, -0.1) is 0 Å². The van der Waals surface area contributed by atoms with Crippen LogP contribution in [0.25, 0.3) is 16.7 Å². The van der Waals surface area contributed by atoms with Crippen molar-refractivity contribution in [3.63, 3.8) is 0 Å². The highest BCUT2D eigenvalue weighted by molar-refractivity contribution is 6.45. The zero-order valence-electron chi connectivity index (χ0n) is 14.4. The molecule has 0 radical (unpaired) electrons. The van der Waals surface area contributed by atoms with Crippen molar-refractivity contribution in [2.24, 2.45) is 0 Å². The fourth-order valence-corrected chi connectivity index (χ4v) is 4.28. The molecule has 2 aliphatic heterocycles. The Hall–Kier alpha value is -1.69. The first-order valence-electron chi connectivity index (χ1n) is 8.76. The molecule has 2 N–H and O–H groups in total. The average Bonchev–Trinajstić information content (AvgIpc) is 3.02. The fraction of sp³-hybridized carbons (Fsp3) is 0.421. The van der Waals surface area contributed by atoms with Gasteiger partial charge in [0.05, 0.1) is 22.2 Å². The molecule has 3 heterocycles. The first-order valence-corrected chi connectivity index (χ1v) is 9.52.